The largest absolute Gasteiger partial charge is 0.417 e. The zero-order valence-electron chi connectivity index (χ0n) is 18.3. The molecule has 35 heavy (non-hydrogen) atoms. The number of rotatable bonds is 6. The minimum absolute atomic E-state index is 0.183. The molecule has 3 amide bonds. The number of aliphatic hydroxyl groups is 1. The summed E-state index contributed by atoms with van der Waals surface area (Å²) in [6, 6.07) is 7.46. The third-order valence-electron chi connectivity index (χ3n) is 5.90. The van der Waals surface area contributed by atoms with Crippen LogP contribution in [0.2, 0.25) is 5.02 Å². The van der Waals surface area contributed by atoms with Crippen LogP contribution < -0.4 is 16.0 Å². The topological polar surface area (TPSA) is 111 Å². The van der Waals surface area contributed by atoms with Crippen LogP contribution in [-0.2, 0) is 28.9 Å². The molecule has 0 aromatic heterocycles. The fourth-order valence-electron chi connectivity index (χ4n) is 4.18. The van der Waals surface area contributed by atoms with Gasteiger partial charge in [-0.2, -0.15) is 13.2 Å². The summed E-state index contributed by atoms with van der Waals surface area (Å²) >= 11 is 5.69. The summed E-state index contributed by atoms with van der Waals surface area (Å²) in [6.45, 7) is 0.404. The Hall–Kier alpha value is -3.15. The molecule has 12 heteroatoms. The summed E-state index contributed by atoms with van der Waals surface area (Å²) in [6.07, 6.45) is -4.72. The molecule has 4 rings (SSSR count). The highest BCUT2D eigenvalue weighted by molar-refractivity contribution is 6.31. The Kier molecular flexibility index (Phi) is 7.02. The zero-order valence-corrected chi connectivity index (χ0v) is 19.0. The first kappa shape index (κ1) is 25.0. The van der Waals surface area contributed by atoms with E-state index in [4.69, 9.17) is 11.6 Å². The number of hydrogen-bond acceptors (Lipinski definition) is 6. The van der Waals surface area contributed by atoms with E-state index in [0.29, 0.717) is 18.4 Å². The van der Waals surface area contributed by atoms with E-state index in [9.17, 15) is 32.7 Å². The number of aliphatic hydroxyl groups excluding tert-OH is 1. The molecule has 2 aromatic rings. The monoisotopic (exact) mass is 510 g/mol. The highest BCUT2D eigenvalue weighted by Crippen LogP contribution is 2.36. The lowest BCUT2D eigenvalue weighted by atomic mass is 10.1. The van der Waals surface area contributed by atoms with Gasteiger partial charge in [0, 0.05) is 30.8 Å². The van der Waals surface area contributed by atoms with E-state index in [2.05, 4.69) is 16.0 Å². The van der Waals surface area contributed by atoms with Crippen molar-refractivity contribution in [2.45, 2.75) is 50.9 Å². The standard InChI is InChI=1S/C23H22ClF3N4O4/c24-17-9-14(5-7-16(17)23(25,26)27)29-22(35)28-10-12-4-6-15-13(8-12)11-31(21(15)34)18-2-1-3-19(32)30-20(18)33/h4-9,18,22,28-29,35H,1-3,10-11H2,(H,30,32,33). The molecule has 4 N–H and O–H groups in total. The lowest BCUT2D eigenvalue weighted by Crippen LogP contribution is -2.46. The van der Waals surface area contributed by atoms with E-state index < -0.39 is 35.1 Å². The van der Waals surface area contributed by atoms with Crippen molar-refractivity contribution in [2.75, 3.05) is 5.32 Å². The number of carbonyl (C=O) groups is 3. The van der Waals surface area contributed by atoms with Crippen molar-refractivity contribution < 1.29 is 32.7 Å². The number of alkyl halides is 3. The second-order valence-corrected chi connectivity index (χ2v) is 8.77. The maximum absolute atomic E-state index is 12.8. The van der Waals surface area contributed by atoms with Gasteiger partial charge >= 0.3 is 6.18 Å². The summed E-state index contributed by atoms with van der Waals surface area (Å²) in [7, 11) is 0. The number of carbonyl (C=O) groups excluding carboxylic acids is 3. The molecule has 1 saturated heterocycles. The number of nitrogens with one attached hydrogen (secondary N) is 3. The molecule has 0 bridgehead atoms. The highest BCUT2D eigenvalue weighted by Gasteiger charge is 2.38. The molecule has 186 valence electrons. The van der Waals surface area contributed by atoms with E-state index in [1.807, 2.05) is 0 Å². The maximum atomic E-state index is 12.8. The average molecular weight is 511 g/mol. The molecular formula is C23H22ClF3N4O4. The predicted molar refractivity (Wildman–Crippen MR) is 120 cm³/mol. The third-order valence-corrected chi connectivity index (χ3v) is 6.21. The molecule has 0 aliphatic carbocycles. The molecule has 2 aliphatic heterocycles. The summed E-state index contributed by atoms with van der Waals surface area (Å²) in [5.41, 5.74) is 1.15. The molecule has 1 fully saturated rings. The number of nitrogens with zero attached hydrogens (tertiary/aromatic N) is 1. The number of benzene rings is 2. The summed E-state index contributed by atoms with van der Waals surface area (Å²) in [5, 5.41) is 17.4. The van der Waals surface area contributed by atoms with Crippen molar-refractivity contribution in [1.29, 1.82) is 0 Å². The van der Waals surface area contributed by atoms with Crippen LogP contribution >= 0.6 is 11.6 Å². The van der Waals surface area contributed by atoms with E-state index in [1.165, 1.54) is 4.90 Å². The van der Waals surface area contributed by atoms with Gasteiger partial charge in [-0.05, 0) is 48.2 Å². The van der Waals surface area contributed by atoms with Crippen LogP contribution in [0.25, 0.3) is 0 Å². The molecule has 2 heterocycles. The number of amides is 3. The summed E-state index contributed by atoms with van der Waals surface area (Å²) in [4.78, 5) is 38.3. The fraction of sp³-hybridized carbons (Fsp3) is 0.348. The SMILES string of the molecule is O=C1CCCC(N2Cc3cc(CNC(O)Nc4ccc(C(F)(F)F)c(Cl)c4)ccc3C2=O)C(=O)N1. The molecule has 8 nitrogen and oxygen atoms in total. The minimum Gasteiger partial charge on any atom is -0.361 e. The smallest absolute Gasteiger partial charge is 0.361 e. The van der Waals surface area contributed by atoms with Crippen molar-refractivity contribution in [3.05, 3.63) is 63.7 Å². The van der Waals surface area contributed by atoms with Gasteiger partial charge in [0.2, 0.25) is 11.8 Å². The van der Waals surface area contributed by atoms with Crippen molar-refractivity contribution in [3.8, 4) is 0 Å². The van der Waals surface area contributed by atoms with Crippen molar-refractivity contribution in [1.82, 2.24) is 15.5 Å². The molecular weight excluding hydrogens is 489 g/mol. The second-order valence-electron chi connectivity index (χ2n) is 8.37. The molecule has 0 spiro atoms. The lowest BCUT2D eigenvalue weighted by molar-refractivity contribution is -0.137. The molecule has 2 unspecified atom stereocenters. The summed E-state index contributed by atoms with van der Waals surface area (Å²) in [5.74, 6) is -1.11. The maximum Gasteiger partial charge on any atom is 0.417 e. The van der Waals surface area contributed by atoms with E-state index in [0.717, 1.165) is 29.3 Å². The van der Waals surface area contributed by atoms with Crippen molar-refractivity contribution >= 4 is 35.0 Å². The normalized spacial score (nSPS) is 19.3. The van der Waals surface area contributed by atoms with Gasteiger partial charge in [-0.1, -0.05) is 23.7 Å². The van der Waals surface area contributed by atoms with Gasteiger partial charge in [0.05, 0.1) is 10.6 Å². The van der Waals surface area contributed by atoms with Crippen LogP contribution in [0.3, 0.4) is 0 Å². The van der Waals surface area contributed by atoms with Gasteiger partial charge in [0.1, 0.15) is 6.04 Å². The molecule has 0 saturated carbocycles. The van der Waals surface area contributed by atoms with Crippen molar-refractivity contribution in [3.63, 3.8) is 0 Å². The predicted octanol–water partition coefficient (Wildman–Crippen LogP) is 2.99. The Balaban J connectivity index is 1.37. The van der Waals surface area contributed by atoms with E-state index in [-0.39, 0.29) is 37.0 Å². The highest BCUT2D eigenvalue weighted by atomic mass is 35.5. The Labute approximate surface area is 203 Å². The number of imide groups is 1. The van der Waals surface area contributed by atoms with E-state index >= 15 is 0 Å². The fourth-order valence-corrected chi connectivity index (χ4v) is 4.47. The van der Waals surface area contributed by atoms with Gasteiger partial charge in [0.25, 0.3) is 5.91 Å². The third kappa shape index (κ3) is 5.58. The van der Waals surface area contributed by atoms with Crippen LogP contribution in [-0.4, -0.2) is 40.1 Å². The van der Waals surface area contributed by atoms with Gasteiger partial charge in [0.15, 0.2) is 6.35 Å². The average Bonchev–Trinajstić information content (AvgIpc) is 2.99. The number of halogens is 4. The Morgan fingerprint density at radius 3 is 2.66 bits per heavy atom. The van der Waals surface area contributed by atoms with Gasteiger partial charge in [-0.15, -0.1) is 0 Å². The molecule has 2 aromatic carbocycles. The van der Waals surface area contributed by atoms with Crippen LogP contribution in [0.1, 0.15) is 46.3 Å². The minimum atomic E-state index is -4.57. The van der Waals surface area contributed by atoms with Gasteiger partial charge in [-0.25, -0.2) is 0 Å². The first-order valence-electron chi connectivity index (χ1n) is 10.8. The van der Waals surface area contributed by atoms with Gasteiger partial charge in [-0.3, -0.25) is 25.0 Å². The van der Waals surface area contributed by atoms with Crippen LogP contribution in [0.15, 0.2) is 36.4 Å². The van der Waals surface area contributed by atoms with E-state index in [1.54, 1.807) is 18.2 Å². The number of anilines is 1. The lowest BCUT2D eigenvalue weighted by Gasteiger charge is -2.24. The molecule has 0 radical (unpaired) electrons. The quantitative estimate of drug-likeness (QED) is 0.351. The first-order chi connectivity index (χ1) is 16.5. The van der Waals surface area contributed by atoms with Crippen LogP contribution in [0, 0.1) is 0 Å². The Morgan fingerprint density at radius 1 is 1.17 bits per heavy atom. The number of fused-ring (bicyclic) bond motifs is 1. The van der Waals surface area contributed by atoms with Crippen LogP contribution in [0.4, 0.5) is 18.9 Å². The number of hydrogen-bond donors (Lipinski definition) is 4. The van der Waals surface area contributed by atoms with Crippen molar-refractivity contribution in [2.24, 2.45) is 0 Å². The van der Waals surface area contributed by atoms with Gasteiger partial charge < -0.3 is 15.3 Å². The Morgan fingerprint density at radius 2 is 1.94 bits per heavy atom. The summed E-state index contributed by atoms with van der Waals surface area (Å²) < 4.78 is 38.5. The Bertz CT molecular complexity index is 1170. The molecule has 2 aliphatic rings. The second kappa shape index (κ2) is 9.84. The van der Waals surface area contributed by atoms with Crippen LogP contribution in [0.5, 0.6) is 0 Å². The molecule has 2 atom stereocenters. The first-order valence-corrected chi connectivity index (χ1v) is 11.2. The zero-order chi connectivity index (χ0) is 25.3.